The first-order valence-electron chi connectivity index (χ1n) is 9.39. The monoisotopic (exact) mass is 436 g/mol. The number of hydrogen-bond donors (Lipinski definition) is 0. The smallest absolute Gasteiger partial charge is 0.270 e. The number of ether oxygens (including phenoxy) is 2. The molecular weight excluding hydrogens is 420 g/mol. The summed E-state index contributed by atoms with van der Waals surface area (Å²) in [5, 5.41) is 20.7. The number of furan rings is 1. The van der Waals surface area contributed by atoms with Crippen LogP contribution in [0.2, 0.25) is 0 Å². The first-order valence-corrected chi connectivity index (χ1v) is 10.4. The lowest BCUT2D eigenvalue weighted by Gasteiger charge is -2.20. The summed E-state index contributed by atoms with van der Waals surface area (Å²) in [4.78, 5) is 11.0. The summed E-state index contributed by atoms with van der Waals surface area (Å²) in [6.45, 7) is 0.392. The summed E-state index contributed by atoms with van der Waals surface area (Å²) in [7, 11) is 0. The van der Waals surface area contributed by atoms with Crippen molar-refractivity contribution in [1.82, 2.24) is 14.8 Å². The lowest BCUT2D eigenvalue weighted by molar-refractivity contribution is -0.385. The quantitative estimate of drug-likeness (QED) is 0.245. The third-order valence-corrected chi connectivity index (χ3v) is 5.71. The number of nitrogens with zero attached hydrogens (tertiary/aromatic N) is 4. The van der Waals surface area contributed by atoms with E-state index in [-0.39, 0.29) is 19.1 Å². The first kappa shape index (κ1) is 19.3. The van der Waals surface area contributed by atoms with E-state index in [0.717, 1.165) is 5.69 Å². The molecule has 5 rings (SSSR count). The Morgan fingerprint density at radius 1 is 1.13 bits per heavy atom. The molecule has 0 radical (unpaired) electrons. The van der Waals surface area contributed by atoms with Crippen molar-refractivity contribution < 1.29 is 18.8 Å². The van der Waals surface area contributed by atoms with E-state index in [9.17, 15) is 10.1 Å². The van der Waals surface area contributed by atoms with Crippen LogP contribution >= 0.6 is 11.8 Å². The normalized spacial score (nSPS) is 12.9. The molecule has 0 N–H and O–H groups in total. The number of aromatic nitrogens is 3. The number of para-hydroxylation sites is 1. The highest BCUT2D eigenvalue weighted by molar-refractivity contribution is 7.98. The molecule has 2 aromatic carbocycles. The Bertz CT molecular complexity index is 1220. The van der Waals surface area contributed by atoms with Crippen LogP contribution in [0.3, 0.4) is 0 Å². The summed E-state index contributed by atoms with van der Waals surface area (Å²) < 4.78 is 18.4. The molecule has 10 heteroatoms. The maximum Gasteiger partial charge on any atom is 0.270 e. The van der Waals surface area contributed by atoms with Crippen LogP contribution in [0, 0.1) is 10.1 Å². The summed E-state index contributed by atoms with van der Waals surface area (Å²) in [6.07, 6.45) is 1.58. The zero-order valence-electron chi connectivity index (χ0n) is 16.1. The zero-order valence-corrected chi connectivity index (χ0v) is 16.9. The molecule has 9 nitrogen and oxygen atoms in total. The molecule has 156 valence electrons. The minimum atomic E-state index is -0.412. The predicted octanol–water partition coefficient (Wildman–Crippen LogP) is 4.59. The Balaban J connectivity index is 1.52. The van der Waals surface area contributed by atoms with Crippen LogP contribution in [0.1, 0.15) is 11.1 Å². The van der Waals surface area contributed by atoms with Gasteiger partial charge in [-0.05, 0) is 24.3 Å². The van der Waals surface area contributed by atoms with Crippen molar-refractivity contribution in [2.75, 3.05) is 6.79 Å². The second kappa shape index (κ2) is 8.25. The number of benzene rings is 2. The molecule has 0 bridgehead atoms. The highest BCUT2D eigenvalue weighted by Crippen LogP contribution is 2.37. The van der Waals surface area contributed by atoms with Gasteiger partial charge < -0.3 is 13.9 Å². The van der Waals surface area contributed by atoms with Crippen molar-refractivity contribution in [3.63, 3.8) is 0 Å². The number of hydrogen-bond acceptors (Lipinski definition) is 8. The van der Waals surface area contributed by atoms with Crippen LogP contribution in [0.15, 0.2) is 70.4 Å². The van der Waals surface area contributed by atoms with Gasteiger partial charge in [0.15, 0.2) is 17.7 Å². The highest BCUT2D eigenvalue weighted by atomic mass is 32.2. The van der Waals surface area contributed by atoms with Gasteiger partial charge in [-0.2, -0.15) is 0 Å². The minimum absolute atomic E-state index is 0.00394. The van der Waals surface area contributed by atoms with Crippen LogP contribution in [0.4, 0.5) is 5.69 Å². The van der Waals surface area contributed by atoms with Crippen molar-refractivity contribution in [1.29, 1.82) is 0 Å². The fraction of sp³-hybridized carbons (Fsp3) is 0.143. The number of rotatable bonds is 6. The van der Waals surface area contributed by atoms with E-state index >= 15 is 0 Å². The summed E-state index contributed by atoms with van der Waals surface area (Å²) in [5.74, 6) is 2.20. The predicted molar refractivity (Wildman–Crippen MR) is 112 cm³/mol. The molecule has 1 aliphatic rings. The van der Waals surface area contributed by atoms with Gasteiger partial charge in [0.1, 0.15) is 5.75 Å². The number of non-ortho nitro benzene ring substituents is 1. The van der Waals surface area contributed by atoms with Crippen molar-refractivity contribution in [2.24, 2.45) is 0 Å². The van der Waals surface area contributed by atoms with Crippen molar-refractivity contribution >= 4 is 17.4 Å². The van der Waals surface area contributed by atoms with Gasteiger partial charge in [-0.1, -0.05) is 30.0 Å². The molecule has 0 atom stereocenters. The Morgan fingerprint density at radius 2 is 2.00 bits per heavy atom. The molecule has 31 heavy (non-hydrogen) atoms. The average Bonchev–Trinajstić information content (AvgIpc) is 3.47. The first-order chi connectivity index (χ1) is 15.2. The van der Waals surface area contributed by atoms with E-state index in [1.165, 1.54) is 23.9 Å². The topological polar surface area (TPSA) is 105 Å². The van der Waals surface area contributed by atoms with Crippen molar-refractivity contribution in [3.05, 3.63) is 82.1 Å². The van der Waals surface area contributed by atoms with Gasteiger partial charge in [0, 0.05) is 34.7 Å². The molecular formula is C21H16N4O5S. The minimum Gasteiger partial charge on any atom is -0.467 e. The van der Waals surface area contributed by atoms with Gasteiger partial charge in [0.2, 0.25) is 5.82 Å². The molecule has 0 unspecified atom stereocenters. The standard InChI is InChI=1S/C21H16N4O5S/c26-25(27)17-9-14-11-28-13-30-19(14)15(10-17)12-31-21-23-22-20(18-7-4-8-29-18)24(21)16-5-2-1-3-6-16/h1-10H,11-13H2. The Morgan fingerprint density at radius 3 is 2.77 bits per heavy atom. The van der Waals surface area contributed by atoms with Gasteiger partial charge in [0.25, 0.3) is 5.69 Å². The fourth-order valence-electron chi connectivity index (χ4n) is 3.37. The maximum absolute atomic E-state index is 11.4. The lowest BCUT2D eigenvalue weighted by atomic mass is 10.1. The van der Waals surface area contributed by atoms with Crippen LogP contribution in [-0.2, 0) is 17.1 Å². The van der Waals surface area contributed by atoms with E-state index in [0.29, 0.717) is 39.4 Å². The van der Waals surface area contributed by atoms with E-state index in [1.54, 1.807) is 12.3 Å². The van der Waals surface area contributed by atoms with Gasteiger partial charge >= 0.3 is 0 Å². The molecule has 4 aromatic rings. The Hall–Kier alpha value is -3.63. The summed E-state index contributed by atoms with van der Waals surface area (Å²) >= 11 is 1.41. The van der Waals surface area contributed by atoms with Gasteiger partial charge in [-0.3, -0.25) is 14.7 Å². The highest BCUT2D eigenvalue weighted by Gasteiger charge is 2.23. The molecule has 0 aliphatic carbocycles. The van der Waals surface area contributed by atoms with E-state index in [2.05, 4.69) is 10.2 Å². The molecule has 1 aliphatic heterocycles. The molecule has 2 aromatic heterocycles. The van der Waals surface area contributed by atoms with Crippen LogP contribution in [-0.4, -0.2) is 26.5 Å². The van der Waals surface area contributed by atoms with Gasteiger partial charge in [-0.15, -0.1) is 10.2 Å². The van der Waals surface area contributed by atoms with E-state index < -0.39 is 4.92 Å². The fourth-order valence-corrected chi connectivity index (χ4v) is 4.29. The SMILES string of the molecule is O=[N+]([O-])c1cc2c(c(CSc3nnc(-c4ccco4)n3-c3ccccc3)c1)OCOC2. The molecule has 3 heterocycles. The average molecular weight is 436 g/mol. The molecule has 0 fully saturated rings. The molecule has 0 saturated heterocycles. The van der Waals surface area contributed by atoms with Gasteiger partial charge in [-0.25, -0.2) is 0 Å². The van der Waals surface area contributed by atoms with Crippen molar-refractivity contribution in [3.8, 4) is 23.0 Å². The van der Waals surface area contributed by atoms with Crippen LogP contribution in [0.5, 0.6) is 5.75 Å². The lowest BCUT2D eigenvalue weighted by Crippen LogP contribution is -2.13. The zero-order chi connectivity index (χ0) is 21.2. The Kier molecular flexibility index (Phi) is 5.14. The molecule has 0 spiro atoms. The second-order valence-electron chi connectivity index (χ2n) is 6.70. The maximum atomic E-state index is 11.4. The summed E-state index contributed by atoms with van der Waals surface area (Å²) in [6, 6.07) is 16.3. The molecule has 0 amide bonds. The van der Waals surface area contributed by atoms with Crippen LogP contribution in [0.25, 0.3) is 17.3 Å². The number of nitro groups is 1. The molecule has 0 saturated carbocycles. The Labute approximate surface area is 180 Å². The largest absolute Gasteiger partial charge is 0.467 e. The summed E-state index contributed by atoms with van der Waals surface area (Å²) in [5.41, 5.74) is 2.26. The van der Waals surface area contributed by atoms with E-state index in [4.69, 9.17) is 13.9 Å². The number of thioether (sulfide) groups is 1. The van der Waals surface area contributed by atoms with E-state index in [1.807, 2.05) is 41.0 Å². The van der Waals surface area contributed by atoms with Gasteiger partial charge in [0.05, 0.1) is 17.8 Å². The third kappa shape index (κ3) is 3.78. The second-order valence-corrected chi connectivity index (χ2v) is 7.65. The van der Waals surface area contributed by atoms with Crippen LogP contribution < -0.4 is 4.74 Å². The number of fused-ring (bicyclic) bond motifs is 1. The third-order valence-electron chi connectivity index (χ3n) is 4.73. The number of nitro benzene ring substituents is 1. The van der Waals surface area contributed by atoms with Crippen molar-refractivity contribution in [2.45, 2.75) is 17.5 Å².